The zero-order valence-electron chi connectivity index (χ0n) is 18.8. The molecule has 2 aromatic rings. The fourth-order valence-corrected chi connectivity index (χ4v) is 3.31. The smallest absolute Gasteiger partial charge is 0.261 e. The van der Waals surface area contributed by atoms with E-state index in [1.165, 1.54) is 0 Å². The van der Waals surface area contributed by atoms with Crippen LogP contribution in [-0.2, 0) is 16.1 Å². The Hall–Kier alpha value is -2.82. The highest BCUT2D eigenvalue weighted by molar-refractivity contribution is 5.88. The lowest BCUT2D eigenvalue weighted by atomic mass is 10.1. The number of benzene rings is 2. The standard InChI is InChI=1S/C25H34N2O3/c1-6-7-13-26-25(29)21(5)27(16-22-10-8-9-18(2)15-22)24(28)17-30-23-12-11-19(3)14-20(23)4/h8-12,14-15,21H,6-7,13,16-17H2,1-5H3,(H,26,29)/t21-/m0/s1. The molecule has 2 rings (SSSR count). The van der Waals surface area contributed by atoms with Gasteiger partial charge < -0.3 is 15.0 Å². The highest BCUT2D eigenvalue weighted by Crippen LogP contribution is 2.19. The summed E-state index contributed by atoms with van der Waals surface area (Å²) in [5.41, 5.74) is 4.23. The molecule has 0 aliphatic heterocycles. The van der Waals surface area contributed by atoms with E-state index in [1.54, 1.807) is 11.8 Å². The minimum Gasteiger partial charge on any atom is -0.483 e. The van der Waals surface area contributed by atoms with Crippen molar-refractivity contribution in [2.24, 2.45) is 0 Å². The molecule has 0 aliphatic carbocycles. The van der Waals surface area contributed by atoms with Gasteiger partial charge in [-0.25, -0.2) is 0 Å². The molecule has 5 nitrogen and oxygen atoms in total. The van der Waals surface area contributed by atoms with E-state index in [2.05, 4.69) is 12.2 Å². The summed E-state index contributed by atoms with van der Waals surface area (Å²) in [7, 11) is 0. The second-order valence-corrected chi connectivity index (χ2v) is 7.89. The van der Waals surface area contributed by atoms with Gasteiger partial charge in [0.2, 0.25) is 5.91 Å². The van der Waals surface area contributed by atoms with E-state index in [1.807, 2.05) is 63.2 Å². The fourth-order valence-electron chi connectivity index (χ4n) is 3.31. The molecule has 0 spiro atoms. The van der Waals surface area contributed by atoms with Crippen LogP contribution in [0.3, 0.4) is 0 Å². The van der Waals surface area contributed by atoms with E-state index in [-0.39, 0.29) is 18.4 Å². The summed E-state index contributed by atoms with van der Waals surface area (Å²) in [6, 6.07) is 13.3. The Balaban J connectivity index is 2.13. The molecular formula is C25H34N2O3. The van der Waals surface area contributed by atoms with Gasteiger partial charge in [0.25, 0.3) is 5.91 Å². The van der Waals surface area contributed by atoms with Crippen molar-refractivity contribution in [3.05, 3.63) is 64.7 Å². The Bertz CT molecular complexity index is 863. The molecule has 0 fully saturated rings. The van der Waals surface area contributed by atoms with Gasteiger partial charge in [-0.15, -0.1) is 0 Å². The van der Waals surface area contributed by atoms with Crippen LogP contribution >= 0.6 is 0 Å². The van der Waals surface area contributed by atoms with E-state index >= 15 is 0 Å². The van der Waals surface area contributed by atoms with Crippen molar-refractivity contribution < 1.29 is 14.3 Å². The van der Waals surface area contributed by atoms with Gasteiger partial charge in [-0.05, 0) is 51.3 Å². The molecule has 0 unspecified atom stereocenters. The van der Waals surface area contributed by atoms with Crippen molar-refractivity contribution in [3.63, 3.8) is 0 Å². The molecule has 162 valence electrons. The van der Waals surface area contributed by atoms with Crippen LogP contribution < -0.4 is 10.1 Å². The molecule has 1 atom stereocenters. The maximum Gasteiger partial charge on any atom is 0.261 e. The molecule has 0 saturated heterocycles. The summed E-state index contributed by atoms with van der Waals surface area (Å²) in [6.45, 7) is 10.7. The number of nitrogens with one attached hydrogen (secondary N) is 1. The van der Waals surface area contributed by atoms with Gasteiger partial charge in [0.1, 0.15) is 11.8 Å². The Morgan fingerprint density at radius 3 is 2.47 bits per heavy atom. The van der Waals surface area contributed by atoms with Crippen molar-refractivity contribution in [1.29, 1.82) is 0 Å². The number of hydrogen-bond donors (Lipinski definition) is 1. The number of hydrogen-bond acceptors (Lipinski definition) is 3. The van der Waals surface area contributed by atoms with Gasteiger partial charge in [0.05, 0.1) is 0 Å². The van der Waals surface area contributed by atoms with Crippen LogP contribution in [0.4, 0.5) is 0 Å². The predicted octanol–water partition coefficient (Wildman–Crippen LogP) is 4.32. The molecule has 0 saturated carbocycles. The van der Waals surface area contributed by atoms with Crippen molar-refractivity contribution >= 4 is 11.8 Å². The van der Waals surface area contributed by atoms with Crippen molar-refractivity contribution in [2.45, 2.75) is 60.0 Å². The summed E-state index contributed by atoms with van der Waals surface area (Å²) >= 11 is 0. The number of aryl methyl sites for hydroxylation is 3. The molecule has 1 N–H and O–H groups in total. The number of amides is 2. The number of ether oxygens (including phenoxy) is 1. The number of unbranched alkanes of at least 4 members (excludes halogenated alkanes) is 1. The summed E-state index contributed by atoms with van der Waals surface area (Å²) in [5.74, 6) is 0.329. The van der Waals surface area contributed by atoms with E-state index in [4.69, 9.17) is 4.74 Å². The Morgan fingerprint density at radius 2 is 1.80 bits per heavy atom. The monoisotopic (exact) mass is 410 g/mol. The molecule has 0 heterocycles. The molecule has 0 aromatic heterocycles. The second-order valence-electron chi connectivity index (χ2n) is 7.89. The Labute approximate surface area is 180 Å². The molecule has 30 heavy (non-hydrogen) atoms. The highest BCUT2D eigenvalue weighted by atomic mass is 16.5. The van der Waals surface area contributed by atoms with Gasteiger partial charge in [-0.1, -0.05) is 60.9 Å². The first kappa shape index (κ1) is 23.5. The molecule has 2 amide bonds. The average molecular weight is 411 g/mol. The number of carbonyl (C=O) groups excluding carboxylic acids is 2. The predicted molar refractivity (Wildman–Crippen MR) is 121 cm³/mol. The number of carbonyl (C=O) groups is 2. The minimum absolute atomic E-state index is 0.109. The maximum absolute atomic E-state index is 13.1. The highest BCUT2D eigenvalue weighted by Gasteiger charge is 2.26. The lowest BCUT2D eigenvalue weighted by Crippen LogP contribution is -2.49. The first-order valence-corrected chi connectivity index (χ1v) is 10.6. The Morgan fingerprint density at radius 1 is 1.07 bits per heavy atom. The number of nitrogens with zero attached hydrogens (tertiary/aromatic N) is 1. The topological polar surface area (TPSA) is 58.6 Å². The van der Waals surface area contributed by atoms with Crippen LogP contribution in [-0.4, -0.2) is 35.9 Å². The summed E-state index contributed by atoms with van der Waals surface area (Å²) in [4.78, 5) is 27.3. The first-order chi connectivity index (χ1) is 14.3. The fraction of sp³-hybridized carbons (Fsp3) is 0.440. The average Bonchev–Trinajstić information content (AvgIpc) is 2.71. The van der Waals surface area contributed by atoms with E-state index < -0.39 is 6.04 Å². The van der Waals surface area contributed by atoms with Gasteiger partial charge in [-0.3, -0.25) is 9.59 Å². The van der Waals surface area contributed by atoms with Crippen LogP contribution in [0.15, 0.2) is 42.5 Å². The molecule has 0 radical (unpaired) electrons. The van der Waals surface area contributed by atoms with Gasteiger partial charge in [-0.2, -0.15) is 0 Å². The third-order valence-corrected chi connectivity index (χ3v) is 5.11. The van der Waals surface area contributed by atoms with Gasteiger partial charge >= 0.3 is 0 Å². The van der Waals surface area contributed by atoms with Crippen LogP contribution in [0.5, 0.6) is 5.75 Å². The van der Waals surface area contributed by atoms with Crippen molar-refractivity contribution in [3.8, 4) is 5.75 Å². The lowest BCUT2D eigenvalue weighted by molar-refractivity contribution is -0.142. The quantitative estimate of drug-likeness (QED) is 0.593. The summed E-state index contributed by atoms with van der Waals surface area (Å²) in [6.07, 6.45) is 1.92. The van der Waals surface area contributed by atoms with Gasteiger partial charge in [0, 0.05) is 13.1 Å². The molecule has 0 aliphatic rings. The number of rotatable bonds is 10. The molecule has 5 heteroatoms. The SMILES string of the molecule is CCCCNC(=O)[C@H](C)N(Cc1cccc(C)c1)C(=O)COc1ccc(C)cc1C. The van der Waals surface area contributed by atoms with Gasteiger partial charge in [0.15, 0.2) is 6.61 Å². The minimum atomic E-state index is -0.586. The van der Waals surface area contributed by atoms with Crippen LogP contribution in [0.25, 0.3) is 0 Å². The third-order valence-electron chi connectivity index (χ3n) is 5.11. The maximum atomic E-state index is 13.1. The second kappa shape index (κ2) is 11.4. The zero-order valence-corrected chi connectivity index (χ0v) is 18.8. The third kappa shape index (κ3) is 6.90. The largest absolute Gasteiger partial charge is 0.483 e. The van der Waals surface area contributed by atoms with E-state index in [0.717, 1.165) is 35.1 Å². The van der Waals surface area contributed by atoms with Crippen LogP contribution in [0, 0.1) is 20.8 Å². The normalized spacial score (nSPS) is 11.6. The van der Waals surface area contributed by atoms with Crippen LogP contribution in [0.1, 0.15) is 48.9 Å². The van der Waals surface area contributed by atoms with Crippen molar-refractivity contribution in [1.82, 2.24) is 10.2 Å². The lowest BCUT2D eigenvalue weighted by Gasteiger charge is -2.29. The van der Waals surface area contributed by atoms with Crippen molar-refractivity contribution in [2.75, 3.05) is 13.2 Å². The molecule has 0 bridgehead atoms. The zero-order chi connectivity index (χ0) is 22.1. The first-order valence-electron chi connectivity index (χ1n) is 10.6. The van der Waals surface area contributed by atoms with E-state index in [0.29, 0.717) is 18.8 Å². The summed E-state index contributed by atoms with van der Waals surface area (Å²) in [5, 5.41) is 2.93. The summed E-state index contributed by atoms with van der Waals surface area (Å²) < 4.78 is 5.80. The molecular weight excluding hydrogens is 376 g/mol. The molecule has 2 aromatic carbocycles. The Kier molecular flexibility index (Phi) is 8.90. The van der Waals surface area contributed by atoms with E-state index in [9.17, 15) is 9.59 Å². The van der Waals surface area contributed by atoms with Crippen LogP contribution in [0.2, 0.25) is 0 Å².